The summed E-state index contributed by atoms with van der Waals surface area (Å²) in [4.78, 5) is 2.44. The minimum Gasteiger partial charge on any atom is -0.513 e. The quantitative estimate of drug-likeness (QED) is 0.640. The molecule has 0 atom stereocenters. The molecule has 2 nitrogen and oxygen atoms in total. The average Bonchev–Trinajstić information content (AvgIpc) is 2.04. The van der Waals surface area contributed by atoms with Crippen LogP contribution in [-0.4, -0.2) is 29.1 Å². The van der Waals surface area contributed by atoms with E-state index in [-0.39, 0.29) is 0 Å². The number of hydrogen-bond donors (Lipinski definition) is 1. The Bertz CT molecular complexity index is 157. The highest BCUT2D eigenvalue weighted by Gasteiger charge is 2.21. The summed E-state index contributed by atoms with van der Waals surface area (Å²) in [7, 11) is 0. The van der Waals surface area contributed by atoms with E-state index in [0.29, 0.717) is 17.7 Å². The minimum atomic E-state index is 0.347. The molecule has 1 rings (SSSR count). The van der Waals surface area contributed by atoms with Crippen LogP contribution in [0.15, 0.2) is 12.3 Å². The summed E-state index contributed by atoms with van der Waals surface area (Å²) < 4.78 is 0. The van der Waals surface area contributed by atoms with Crippen molar-refractivity contribution in [3.8, 4) is 0 Å². The monoisotopic (exact) mass is 169 g/mol. The predicted molar refractivity (Wildman–Crippen MR) is 51.2 cm³/mol. The number of aliphatic hydroxyl groups excluding tert-OH is 1. The molecule has 0 radical (unpaired) electrons. The molecule has 1 N–H and O–H groups in total. The van der Waals surface area contributed by atoms with Crippen molar-refractivity contribution in [2.45, 2.75) is 32.7 Å². The molecule has 1 fully saturated rings. The lowest BCUT2D eigenvalue weighted by molar-refractivity contribution is 0.142. The smallest absolute Gasteiger partial charge is 0.0882 e. The van der Waals surface area contributed by atoms with Gasteiger partial charge in [0.2, 0.25) is 0 Å². The van der Waals surface area contributed by atoms with E-state index in [2.05, 4.69) is 25.3 Å². The van der Waals surface area contributed by atoms with E-state index in [1.807, 2.05) is 0 Å². The van der Waals surface area contributed by atoms with Crippen LogP contribution in [0, 0.1) is 5.92 Å². The van der Waals surface area contributed by atoms with Gasteiger partial charge in [0.25, 0.3) is 0 Å². The van der Waals surface area contributed by atoms with Gasteiger partial charge in [-0.2, -0.15) is 0 Å². The third kappa shape index (κ3) is 2.24. The molecule has 2 heteroatoms. The van der Waals surface area contributed by atoms with Crippen molar-refractivity contribution in [2.24, 2.45) is 5.92 Å². The number of likely N-dealkylation sites (tertiary alicyclic amines) is 1. The van der Waals surface area contributed by atoms with Gasteiger partial charge < -0.3 is 10.0 Å². The molecule has 0 aliphatic carbocycles. The van der Waals surface area contributed by atoms with Crippen LogP contribution < -0.4 is 0 Å². The number of allylic oxidation sites excluding steroid dienone is 1. The fourth-order valence-corrected chi connectivity index (χ4v) is 1.75. The largest absolute Gasteiger partial charge is 0.513 e. The summed E-state index contributed by atoms with van der Waals surface area (Å²) in [5, 5.41) is 9.19. The zero-order chi connectivity index (χ0) is 9.14. The Morgan fingerprint density at radius 3 is 2.25 bits per heavy atom. The van der Waals surface area contributed by atoms with Gasteiger partial charge in [-0.3, -0.25) is 0 Å². The molecule has 0 saturated carbocycles. The third-order valence-electron chi connectivity index (χ3n) is 2.73. The highest BCUT2D eigenvalue weighted by molar-refractivity contribution is 4.92. The molecular weight excluding hydrogens is 150 g/mol. The first-order chi connectivity index (χ1) is 5.61. The second kappa shape index (κ2) is 3.94. The van der Waals surface area contributed by atoms with Gasteiger partial charge in [-0.15, -0.1) is 0 Å². The Morgan fingerprint density at radius 2 is 1.92 bits per heavy atom. The van der Waals surface area contributed by atoms with E-state index >= 15 is 0 Å². The van der Waals surface area contributed by atoms with E-state index < -0.39 is 0 Å². The maximum atomic E-state index is 9.19. The highest BCUT2D eigenvalue weighted by atomic mass is 16.3. The maximum Gasteiger partial charge on any atom is 0.0882 e. The molecule has 1 saturated heterocycles. The van der Waals surface area contributed by atoms with E-state index in [0.717, 1.165) is 25.9 Å². The molecule has 1 aliphatic heterocycles. The average molecular weight is 169 g/mol. The summed E-state index contributed by atoms with van der Waals surface area (Å²) >= 11 is 0. The zero-order valence-electron chi connectivity index (χ0n) is 8.08. The summed E-state index contributed by atoms with van der Waals surface area (Å²) in [5.41, 5.74) is 0. The predicted octanol–water partition coefficient (Wildman–Crippen LogP) is 2.18. The molecule has 0 unspecified atom stereocenters. The lowest BCUT2D eigenvalue weighted by atomic mass is 9.95. The van der Waals surface area contributed by atoms with E-state index in [1.54, 1.807) is 0 Å². The number of piperidine rings is 1. The van der Waals surface area contributed by atoms with Crippen LogP contribution in [0.1, 0.15) is 26.7 Å². The van der Waals surface area contributed by atoms with Crippen molar-refractivity contribution in [1.82, 2.24) is 4.90 Å². The number of aliphatic hydroxyl groups is 1. The number of nitrogens with zero attached hydrogens (tertiary/aromatic N) is 1. The summed E-state index contributed by atoms with van der Waals surface area (Å²) in [5.74, 6) is 0.721. The van der Waals surface area contributed by atoms with Crippen LogP contribution in [0.25, 0.3) is 0 Å². The highest BCUT2D eigenvalue weighted by Crippen LogP contribution is 2.22. The van der Waals surface area contributed by atoms with Gasteiger partial charge in [0, 0.05) is 12.0 Å². The van der Waals surface area contributed by atoms with Crippen molar-refractivity contribution < 1.29 is 5.11 Å². The van der Waals surface area contributed by atoms with Crippen LogP contribution in [0.3, 0.4) is 0 Å². The zero-order valence-corrected chi connectivity index (χ0v) is 8.08. The molecule has 0 spiro atoms. The van der Waals surface area contributed by atoms with Gasteiger partial charge in [-0.25, -0.2) is 0 Å². The molecule has 0 aromatic carbocycles. The molecule has 0 amide bonds. The molecule has 0 aromatic heterocycles. The topological polar surface area (TPSA) is 23.5 Å². The van der Waals surface area contributed by atoms with E-state index in [4.69, 9.17) is 0 Å². The summed E-state index contributed by atoms with van der Waals surface area (Å²) in [6, 6.07) is 0.637. The van der Waals surface area contributed by atoms with Gasteiger partial charge in [0.15, 0.2) is 0 Å². The molecule has 70 valence electrons. The molecule has 12 heavy (non-hydrogen) atoms. The molecular formula is C10H19NO. The Hall–Kier alpha value is -0.500. The molecule has 1 aliphatic rings. The van der Waals surface area contributed by atoms with Crippen LogP contribution in [0.5, 0.6) is 0 Å². The minimum absolute atomic E-state index is 0.347. The molecule has 1 heterocycles. The second-order valence-electron chi connectivity index (χ2n) is 3.90. The Kier molecular flexibility index (Phi) is 3.15. The van der Waals surface area contributed by atoms with Gasteiger partial charge in [0.1, 0.15) is 0 Å². The Labute approximate surface area is 74.9 Å². The van der Waals surface area contributed by atoms with E-state index in [9.17, 15) is 5.11 Å². The first-order valence-corrected chi connectivity index (χ1v) is 4.73. The standard InChI is InChI=1S/C10H19NO/c1-8(2)11-6-4-10(5-7-11)9(3)12/h8,10,12H,3-7H2,1-2H3. The summed E-state index contributed by atoms with van der Waals surface area (Å²) in [6.45, 7) is 10.2. The fourth-order valence-electron chi connectivity index (χ4n) is 1.75. The Balaban J connectivity index is 2.34. The molecule has 0 bridgehead atoms. The third-order valence-corrected chi connectivity index (χ3v) is 2.73. The van der Waals surface area contributed by atoms with Gasteiger partial charge in [-0.1, -0.05) is 6.58 Å². The van der Waals surface area contributed by atoms with Crippen LogP contribution in [-0.2, 0) is 0 Å². The first kappa shape index (κ1) is 9.59. The second-order valence-corrected chi connectivity index (χ2v) is 3.90. The van der Waals surface area contributed by atoms with Crippen LogP contribution in [0.4, 0.5) is 0 Å². The van der Waals surface area contributed by atoms with Crippen molar-refractivity contribution in [1.29, 1.82) is 0 Å². The van der Waals surface area contributed by atoms with Crippen molar-refractivity contribution >= 4 is 0 Å². The number of hydrogen-bond acceptors (Lipinski definition) is 2. The van der Waals surface area contributed by atoms with Gasteiger partial charge in [-0.05, 0) is 39.8 Å². The number of rotatable bonds is 2. The van der Waals surface area contributed by atoms with E-state index in [1.165, 1.54) is 0 Å². The summed E-state index contributed by atoms with van der Waals surface area (Å²) in [6.07, 6.45) is 2.13. The van der Waals surface area contributed by atoms with Crippen molar-refractivity contribution in [2.75, 3.05) is 13.1 Å². The maximum absolute atomic E-state index is 9.19. The first-order valence-electron chi connectivity index (χ1n) is 4.73. The fraction of sp³-hybridized carbons (Fsp3) is 0.800. The van der Waals surface area contributed by atoms with Crippen molar-refractivity contribution in [3.63, 3.8) is 0 Å². The lowest BCUT2D eigenvalue weighted by Crippen LogP contribution is -2.38. The van der Waals surface area contributed by atoms with Crippen LogP contribution >= 0.6 is 0 Å². The van der Waals surface area contributed by atoms with Gasteiger partial charge >= 0.3 is 0 Å². The normalized spacial score (nSPS) is 21.6. The Morgan fingerprint density at radius 1 is 1.42 bits per heavy atom. The SMILES string of the molecule is C=C(O)C1CCN(C(C)C)CC1. The van der Waals surface area contributed by atoms with Crippen molar-refractivity contribution in [3.05, 3.63) is 12.3 Å². The molecule has 0 aromatic rings. The van der Waals surface area contributed by atoms with Crippen LogP contribution in [0.2, 0.25) is 0 Å². The lowest BCUT2D eigenvalue weighted by Gasteiger charge is -2.34. The van der Waals surface area contributed by atoms with Gasteiger partial charge in [0.05, 0.1) is 5.76 Å².